The molecule has 2 aromatic heterocycles. The van der Waals surface area contributed by atoms with Gasteiger partial charge < -0.3 is 0 Å². The van der Waals surface area contributed by atoms with E-state index in [1.165, 1.54) is 22.2 Å². The van der Waals surface area contributed by atoms with Crippen LogP contribution in [0.25, 0.3) is 10.2 Å². The van der Waals surface area contributed by atoms with E-state index in [0.717, 1.165) is 0 Å². The van der Waals surface area contributed by atoms with Gasteiger partial charge in [-0.05, 0) is 30.5 Å². The Balaban J connectivity index is 2.14. The van der Waals surface area contributed by atoms with Crippen molar-refractivity contribution in [3.05, 3.63) is 61.4 Å². The number of benzene rings is 1. The number of fused-ring (bicyclic) bond motifs is 1. The van der Waals surface area contributed by atoms with Crippen molar-refractivity contribution >= 4 is 51.0 Å². The molecule has 7 heteroatoms. The Bertz CT molecular complexity index is 894. The molecule has 3 aromatic rings. The summed E-state index contributed by atoms with van der Waals surface area (Å²) in [6.07, 6.45) is 1.47. The van der Waals surface area contributed by atoms with Crippen LogP contribution >= 0.6 is 34.5 Å². The van der Waals surface area contributed by atoms with Crippen LogP contribution in [0.15, 0.2) is 39.5 Å². The molecule has 0 aliphatic rings. The highest BCUT2D eigenvalue weighted by molar-refractivity contribution is 7.16. The average molecular weight is 338 g/mol. The minimum absolute atomic E-state index is 0.210. The van der Waals surface area contributed by atoms with Gasteiger partial charge in [0.1, 0.15) is 10.7 Å². The smallest absolute Gasteiger partial charge is 0.267 e. The van der Waals surface area contributed by atoms with Crippen molar-refractivity contribution in [2.75, 3.05) is 0 Å². The van der Waals surface area contributed by atoms with E-state index < -0.39 is 0 Å². The van der Waals surface area contributed by atoms with E-state index in [0.29, 0.717) is 31.6 Å². The molecule has 4 nitrogen and oxygen atoms in total. The summed E-state index contributed by atoms with van der Waals surface area (Å²) >= 11 is 13.6. The third kappa shape index (κ3) is 2.60. The van der Waals surface area contributed by atoms with Gasteiger partial charge in [0.25, 0.3) is 5.56 Å². The van der Waals surface area contributed by atoms with Crippen LogP contribution in [0, 0.1) is 6.92 Å². The lowest BCUT2D eigenvalue weighted by Gasteiger charge is -2.04. The summed E-state index contributed by atoms with van der Waals surface area (Å²) in [6, 6.07) is 6.91. The lowest BCUT2D eigenvalue weighted by Crippen LogP contribution is -2.19. The topological polar surface area (TPSA) is 47.2 Å². The van der Waals surface area contributed by atoms with Gasteiger partial charge in [0.15, 0.2) is 0 Å². The van der Waals surface area contributed by atoms with Gasteiger partial charge in [-0.3, -0.25) is 4.79 Å². The van der Waals surface area contributed by atoms with Crippen molar-refractivity contribution in [2.24, 2.45) is 5.10 Å². The number of rotatable bonds is 2. The van der Waals surface area contributed by atoms with Gasteiger partial charge in [-0.2, -0.15) is 9.78 Å². The van der Waals surface area contributed by atoms with Crippen molar-refractivity contribution in [1.82, 2.24) is 9.66 Å². The predicted octanol–water partition coefficient (Wildman–Crippen LogP) is 3.96. The SMILES string of the molecule is Cc1nc2sccc2c(=O)n1N=Cc1c(Cl)cccc1Cl. The maximum atomic E-state index is 12.4. The molecule has 0 bridgehead atoms. The van der Waals surface area contributed by atoms with Crippen LogP contribution in [0.5, 0.6) is 0 Å². The first-order valence-corrected chi connectivity index (χ1v) is 7.66. The number of hydrogen-bond donors (Lipinski definition) is 0. The summed E-state index contributed by atoms with van der Waals surface area (Å²) in [6.45, 7) is 1.73. The van der Waals surface area contributed by atoms with Crippen molar-refractivity contribution in [1.29, 1.82) is 0 Å². The van der Waals surface area contributed by atoms with Crippen LogP contribution in [-0.4, -0.2) is 15.9 Å². The summed E-state index contributed by atoms with van der Waals surface area (Å²) in [7, 11) is 0. The normalized spacial score (nSPS) is 11.6. The second-order valence-corrected chi connectivity index (χ2v) is 6.00. The highest BCUT2D eigenvalue weighted by atomic mass is 35.5. The molecule has 0 atom stereocenters. The van der Waals surface area contributed by atoms with Crippen molar-refractivity contribution < 1.29 is 0 Å². The molecule has 0 fully saturated rings. The van der Waals surface area contributed by atoms with E-state index in [-0.39, 0.29) is 5.56 Å². The zero-order valence-electron chi connectivity index (χ0n) is 10.9. The average Bonchev–Trinajstić information content (AvgIpc) is 2.89. The maximum Gasteiger partial charge on any atom is 0.282 e. The second-order valence-electron chi connectivity index (χ2n) is 4.30. The lowest BCUT2D eigenvalue weighted by molar-refractivity contribution is 0.772. The van der Waals surface area contributed by atoms with E-state index in [1.807, 2.05) is 5.38 Å². The summed E-state index contributed by atoms with van der Waals surface area (Å²) in [5.74, 6) is 0.509. The van der Waals surface area contributed by atoms with Gasteiger partial charge in [-0.15, -0.1) is 11.3 Å². The Labute approximate surface area is 134 Å². The number of nitrogens with zero attached hydrogens (tertiary/aromatic N) is 3. The third-order valence-corrected chi connectivity index (χ3v) is 4.41. The fraction of sp³-hybridized carbons (Fsp3) is 0.0714. The van der Waals surface area contributed by atoms with Crippen LogP contribution in [0.3, 0.4) is 0 Å². The molecule has 106 valence electrons. The first-order chi connectivity index (χ1) is 10.1. The molecule has 0 radical (unpaired) electrons. The molecule has 0 spiro atoms. The van der Waals surface area contributed by atoms with Crippen LogP contribution in [-0.2, 0) is 0 Å². The number of aryl methyl sites for hydroxylation is 1. The number of halogens is 2. The van der Waals surface area contributed by atoms with Gasteiger partial charge >= 0.3 is 0 Å². The van der Waals surface area contributed by atoms with Gasteiger partial charge in [-0.25, -0.2) is 4.98 Å². The first-order valence-electron chi connectivity index (χ1n) is 6.03. The van der Waals surface area contributed by atoms with Crippen LogP contribution in [0.2, 0.25) is 10.0 Å². The third-order valence-electron chi connectivity index (χ3n) is 2.94. The van der Waals surface area contributed by atoms with Gasteiger partial charge in [0.2, 0.25) is 0 Å². The minimum Gasteiger partial charge on any atom is -0.267 e. The fourth-order valence-electron chi connectivity index (χ4n) is 1.89. The van der Waals surface area contributed by atoms with Crippen molar-refractivity contribution in [3.8, 4) is 0 Å². The van der Waals surface area contributed by atoms with E-state index in [2.05, 4.69) is 10.1 Å². The number of thiophene rings is 1. The lowest BCUT2D eigenvalue weighted by atomic mass is 10.2. The van der Waals surface area contributed by atoms with E-state index in [4.69, 9.17) is 23.2 Å². The number of aromatic nitrogens is 2. The Morgan fingerprint density at radius 1 is 1.29 bits per heavy atom. The Morgan fingerprint density at radius 2 is 2.00 bits per heavy atom. The quantitative estimate of drug-likeness (QED) is 0.664. The van der Waals surface area contributed by atoms with Gasteiger partial charge in [0.05, 0.1) is 21.6 Å². The summed E-state index contributed by atoms with van der Waals surface area (Å²) < 4.78 is 1.24. The fourth-order valence-corrected chi connectivity index (χ4v) is 3.19. The summed E-state index contributed by atoms with van der Waals surface area (Å²) in [5.41, 5.74) is 0.357. The van der Waals surface area contributed by atoms with E-state index >= 15 is 0 Å². The molecule has 2 heterocycles. The molecule has 0 aliphatic carbocycles. The molecule has 0 saturated heterocycles. The van der Waals surface area contributed by atoms with Crippen LogP contribution in [0.1, 0.15) is 11.4 Å². The van der Waals surface area contributed by atoms with Crippen LogP contribution in [0.4, 0.5) is 0 Å². The van der Waals surface area contributed by atoms with Gasteiger partial charge in [0, 0.05) is 5.56 Å². The molecule has 1 aromatic carbocycles. The Hall–Kier alpha value is -1.69. The maximum absolute atomic E-state index is 12.4. The Kier molecular flexibility index (Phi) is 3.80. The zero-order valence-corrected chi connectivity index (χ0v) is 13.2. The first kappa shape index (κ1) is 14.3. The predicted molar refractivity (Wildman–Crippen MR) is 88.1 cm³/mol. The monoisotopic (exact) mass is 337 g/mol. The second kappa shape index (κ2) is 5.60. The molecule has 21 heavy (non-hydrogen) atoms. The zero-order chi connectivity index (χ0) is 15.0. The molecular weight excluding hydrogens is 329 g/mol. The van der Waals surface area contributed by atoms with Crippen LogP contribution < -0.4 is 5.56 Å². The number of hydrogen-bond acceptors (Lipinski definition) is 4. The molecular formula is C14H9Cl2N3OS. The highest BCUT2D eigenvalue weighted by Gasteiger charge is 2.08. The summed E-state index contributed by atoms with van der Waals surface area (Å²) in [4.78, 5) is 17.4. The highest BCUT2D eigenvalue weighted by Crippen LogP contribution is 2.22. The molecule has 0 aliphatic heterocycles. The van der Waals surface area contributed by atoms with Crippen molar-refractivity contribution in [2.45, 2.75) is 6.92 Å². The molecule has 0 saturated carbocycles. The molecule has 0 amide bonds. The summed E-state index contributed by atoms with van der Waals surface area (Å²) in [5, 5.41) is 7.51. The van der Waals surface area contributed by atoms with Gasteiger partial charge in [-0.1, -0.05) is 29.3 Å². The minimum atomic E-state index is -0.210. The van der Waals surface area contributed by atoms with E-state index in [1.54, 1.807) is 31.2 Å². The Morgan fingerprint density at radius 3 is 2.71 bits per heavy atom. The van der Waals surface area contributed by atoms with Crippen molar-refractivity contribution in [3.63, 3.8) is 0 Å². The van der Waals surface area contributed by atoms with E-state index in [9.17, 15) is 4.79 Å². The molecule has 0 N–H and O–H groups in total. The molecule has 3 rings (SSSR count). The largest absolute Gasteiger partial charge is 0.282 e. The standard InChI is InChI=1S/C14H9Cl2N3OS/c1-8-18-13-9(5-6-21-13)14(20)19(8)17-7-10-11(15)3-2-4-12(10)16/h2-7H,1H3. The molecule has 0 unspecified atom stereocenters.